The van der Waals surface area contributed by atoms with Crippen molar-refractivity contribution >= 4 is 29.2 Å². The molecule has 110 valence electrons. The molecule has 0 spiro atoms. The van der Waals surface area contributed by atoms with Gasteiger partial charge >= 0.3 is 5.97 Å². The summed E-state index contributed by atoms with van der Waals surface area (Å²) in [6.07, 6.45) is 0.117. The number of hydrogen-bond donors (Lipinski definition) is 1. The Labute approximate surface area is 124 Å². The van der Waals surface area contributed by atoms with Crippen molar-refractivity contribution in [2.75, 3.05) is 5.32 Å². The molecule has 4 nitrogen and oxygen atoms in total. The summed E-state index contributed by atoms with van der Waals surface area (Å²) in [4.78, 5) is 23.2. The molecule has 20 heavy (non-hydrogen) atoms. The van der Waals surface area contributed by atoms with Gasteiger partial charge in [0.05, 0.1) is 17.1 Å². The minimum atomic E-state index is -0.534. The third-order valence-corrected chi connectivity index (χ3v) is 2.69. The summed E-state index contributed by atoms with van der Waals surface area (Å²) >= 11 is 6.02. The fraction of sp³-hybridized carbons (Fsp3) is 0.467. The topological polar surface area (TPSA) is 55.4 Å². The number of carbonyl (C=O) groups excluding carboxylic acids is 2. The van der Waals surface area contributed by atoms with Crippen molar-refractivity contribution < 1.29 is 14.3 Å². The van der Waals surface area contributed by atoms with Gasteiger partial charge in [0.1, 0.15) is 5.60 Å². The highest BCUT2D eigenvalue weighted by Gasteiger charge is 2.17. The van der Waals surface area contributed by atoms with Gasteiger partial charge in [0.2, 0.25) is 5.91 Å². The van der Waals surface area contributed by atoms with Crippen LogP contribution in [0.1, 0.15) is 39.2 Å². The quantitative estimate of drug-likeness (QED) is 0.862. The van der Waals surface area contributed by atoms with E-state index in [2.05, 4.69) is 5.32 Å². The molecular weight excluding hydrogens is 278 g/mol. The van der Waals surface area contributed by atoms with Crippen LogP contribution in [0.5, 0.6) is 0 Å². The van der Waals surface area contributed by atoms with Crippen LogP contribution in [-0.2, 0) is 14.3 Å². The average molecular weight is 298 g/mol. The van der Waals surface area contributed by atoms with Crippen LogP contribution in [0.25, 0.3) is 0 Å². The van der Waals surface area contributed by atoms with Gasteiger partial charge < -0.3 is 10.1 Å². The monoisotopic (exact) mass is 297 g/mol. The highest BCUT2D eigenvalue weighted by atomic mass is 35.5. The zero-order valence-electron chi connectivity index (χ0n) is 12.2. The first-order valence-corrected chi connectivity index (χ1v) is 6.83. The summed E-state index contributed by atoms with van der Waals surface area (Å²) in [5.74, 6) is -0.649. The largest absolute Gasteiger partial charge is 0.460 e. The second-order valence-electron chi connectivity index (χ2n) is 5.62. The molecule has 1 amide bonds. The standard InChI is InChI=1S/C15H20ClNO3/c1-10-5-6-12(11(16)9-10)17-13(18)7-8-14(19)20-15(2,3)4/h5-6,9H,7-8H2,1-4H3,(H,17,18). The van der Waals surface area contributed by atoms with E-state index in [4.69, 9.17) is 16.3 Å². The molecule has 0 fully saturated rings. The van der Waals surface area contributed by atoms with Crippen LogP contribution in [0.2, 0.25) is 5.02 Å². The van der Waals surface area contributed by atoms with Gasteiger partial charge in [-0.3, -0.25) is 9.59 Å². The van der Waals surface area contributed by atoms with E-state index in [9.17, 15) is 9.59 Å². The molecule has 0 heterocycles. The van der Waals surface area contributed by atoms with Crippen LogP contribution in [0.3, 0.4) is 0 Å². The number of ether oxygens (including phenoxy) is 1. The minimum absolute atomic E-state index is 0.0482. The second-order valence-corrected chi connectivity index (χ2v) is 6.03. The zero-order chi connectivity index (χ0) is 15.3. The number of hydrogen-bond acceptors (Lipinski definition) is 3. The van der Waals surface area contributed by atoms with E-state index < -0.39 is 5.60 Å². The molecule has 5 heteroatoms. The van der Waals surface area contributed by atoms with Gasteiger partial charge in [-0.05, 0) is 45.4 Å². The Balaban J connectivity index is 2.46. The van der Waals surface area contributed by atoms with E-state index in [1.807, 2.05) is 13.0 Å². The molecule has 0 saturated carbocycles. The Morgan fingerprint density at radius 3 is 2.45 bits per heavy atom. The zero-order valence-corrected chi connectivity index (χ0v) is 13.0. The van der Waals surface area contributed by atoms with E-state index >= 15 is 0 Å². The lowest BCUT2D eigenvalue weighted by Gasteiger charge is -2.19. The molecule has 1 aromatic rings. The third-order valence-electron chi connectivity index (χ3n) is 2.37. The molecule has 0 aliphatic carbocycles. The van der Waals surface area contributed by atoms with E-state index in [1.54, 1.807) is 32.9 Å². The third kappa shape index (κ3) is 6.06. The molecule has 0 unspecified atom stereocenters. The normalized spacial score (nSPS) is 11.1. The number of rotatable bonds is 4. The highest BCUT2D eigenvalue weighted by Crippen LogP contribution is 2.22. The molecular formula is C15H20ClNO3. The van der Waals surface area contributed by atoms with Crippen LogP contribution in [0, 0.1) is 6.92 Å². The second kappa shape index (κ2) is 6.75. The van der Waals surface area contributed by atoms with Gasteiger partial charge in [0, 0.05) is 6.42 Å². The maximum absolute atomic E-state index is 11.7. The first-order chi connectivity index (χ1) is 9.17. The Hall–Kier alpha value is -1.55. The maximum Gasteiger partial charge on any atom is 0.306 e. The molecule has 0 radical (unpaired) electrons. The first-order valence-electron chi connectivity index (χ1n) is 6.45. The number of nitrogens with one attached hydrogen (secondary N) is 1. The number of esters is 1. The van der Waals surface area contributed by atoms with Gasteiger partial charge in [-0.25, -0.2) is 0 Å². The van der Waals surface area contributed by atoms with Crippen LogP contribution in [-0.4, -0.2) is 17.5 Å². The van der Waals surface area contributed by atoms with Crippen molar-refractivity contribution in [3.63, 3.8) is 0 Å². The van der Waals surface area contributed by atoms with Gasteiger partial charge in [0.25, 0.3) is 0 Å². The maximum atomic E-state index is 11.7. The van der Waals surface area contributed by atoms with Crippen LogP contribution >= 0.6 is 11.6 Å². The van der Waals surface area contributed by atoms with Gasteiger partial charge in [-0.15, -0.1) is 0 Å². The fourth-order valence-corrected chi connectivity index (χ4v) is 1.82. The number of amides is 1. The van der Waals surface area contributed by atoms with Crippen molar-refractivity contribution in [2.24, 2.45) is 0 Å². The van der Waals surface area contributed by atoms with Gasteiger partial charge in [-0.1, -0.05) is 17.7 Å². The predicted molar refractivity (Wildman–Crippen MR) is 79.9 cm³/mol. The molecule has 0 aliphatic rings. The number of halogens is 1. The Morgan fingerprint density at radius 1 is 1.25 bits per heavy atom. The number of aryl methyl sites for hydroxylation is 1. The summed E-state index contributed by atoms with van der Waals surface area (Å²) in [7, 11) is 0. The Kier molecular flexibility index (Phi) is 5.57. The summed E-state index contributed by atoms with van der Waals surface area (Å²) < 4.78 is 5.13. The summed E-state index contributed by atoms with van der Waals surface area (Å²) in [6.45, 7) is 7.28. The van der Waals surface area contributed by atoms with Crippen molar-refractivity contribution in [1.82, 2.24) is 0 Å². The van der Waals surface area contributed by atoms with Crippen molar-refractivity contribution in [3.8, 4) is 0 Å². The summed E-state index contributed by atoms with van der Waals surface area (Å²) in [5.41, 5.74) is 1.03. The molecule has 0 bridgehead atoms. The molecule has 0 aromatic heterocycles. The smallest absolute Gasteiger partial charge is 0.306 e. The molecule has 1 aromatic carbocycles. The molecule has 1 N–H and O–H groups in total. The number of benzene rings is 1. The van der Waals surface area contributed by atoms with Crippen molar-refractivity contribution in [1.29, 1.82) is 0 Å². The lowest BCUT2D eigenvalue weighted by atomic mass is 10.2. The average Bonchev–Trinajstić information content (AvgIpc) is 2.28. The predicted octanol–water partition coefficient (Wildman–Crippen LogP) is 3.71. The fourth-order valence-electron chi connectivity index (χ4n) is 1.54. The van der Waals surface area contributed by atoms with E-state index in [1.165, 1.54) is 0 Å². The molecule has 1 rings (SSSR count). The van der Waals surface area contributed by atoms with Gasteiger partial charge in [-0.2, -0.15) is 0 Å². The molecule has 0 atom stereocenters. The van der Waals surface area contributed by atoms with Gasteiger partial charge in [0.15, 0.2) is 0 Å². The SMILES string of the molecule is Cc1ccc(NC(=O)CCC(=O)OC(C)(C)C)c(Cl)c1. The Bertz CT molecular complexity index is 506. The van der Waals surface area contributed by atoms with E-state index in [0.29, 0.717) is 10.7 Å². The van der Waals surface area contributed by atoms with Crippen LogP contribution < -0.4 is 5.32 Å². The van der Waals surface area contributed by atoms with Crippen LogP contribution in [0.4, 0.5) is 5.69 Å². The van der Waals surface area contributed by atoms with E-state index in [0.717, 1.165) is 5.56 Å². The first kappa shape index (κ1) is 16.5. The van der Waals surface area contributed by atoms with Crippen LogP contribution in [0.15, 0.2) is 18.2 Å². The summed E-state index contributed by atoms with van der Waals surface area (Å²) in [6, 6.07) is 5.36. The molecule has 0 aliphatic heterocycles. The highest BCUT2D eigenvalue weighted by molar-refractivity contribution is 6.33. The number of anilines is 1. The minimum Gasteiger partial charge on any atom is -0.460 e. The van der Waals surface area contributed by atoms with Crippen molar-refractivity contribution in [2.45, 2.75) is 46.1 Å². The lowest BCUT2D eigenvalue weighted by Crippen LogP contribution is -2.24. The van der Waals surface area contributed by atoms with E-state index in [-0.39, 0.29) is 24.7 Å². The Morgan fingerprint density at radius 2 is 1.90 bits per heavy atom. The molecule has 0 saturated heterocycles. The lowest BCUT2D eigenvalue weighted by molar-refractivity contribution is -0.155. The summed E-state index contributed by atoms with van der Waals surface area (Å²) in [5, 5.41) is 3.16. The van der Waals surface area contributed by atoms with Crippen molar-refractivity contribution in [3.05, 3.63) is 28.8 Å². The number of carbonyl (C=O) groups is 2.